The zero-order chi connectivity index (χ0) is 14.5. The van der Waals surface area contributed by atoms with Gasteiger partial charge in [0.15, 0.2) is 0 Å². The summed E-state index contributed by atoms with van der Waals surface area (Å²) in [5.41, 5.74) is 0.316. The van der Waals surface area contributed by atoms with E-state index in [1.165, 1.54) is 0 Å². The lowest BCUT2D eigenvalue weighted by Gasteiger charge is -2.29. The Morgan fingerprint density at radius 3 is 2.89 bits per heavy atom. The monoisotopic (exact) mass is 282 g/mol. The molecule has 104 valence electrons. The maximum atomic E-state index is 10.8. The Hall–Kier alpha value is -1.55. The van der Waals surface area contributed by atoms with Crippen LogP contribution >= 0.6 is 11.6 Å². The lowest BCUT2D eigenvalue weighted by Crippen LogP contribution is -2.43. The predicted octanol–water partition coefficient (Wildman–Crippen LogP) is 3.83. The summed E-state index contributed by atoms with van der Waals surface area (Å²) in [6.45, 7) is 7.44. The number of nitrogens with zero attached hydrogens (tertiary/aromatic N) is 1. The minimum Gasteiger partial charge on any atom is -0.465 e. The summed E-state index contributed by atoms with van der Waals surface area (Å²) >= 11 is 5.97. The Kier molecular flexibility index (Phi) is 5.36. The van der Waals surface area contributed by atoms with E-state index in [0.29, 0.717) is 11.4 Å². The van der Waals surface area contributed by atoms with E-state index in [4.69, 9.17) is 16.7 Å². The van der Waals surface area contributed by atoms with Crippen LogP contribution in [0, 0.1) is 0 Å². The first-order valence-electron chi connectivity index (χ1n) is 6.07. The number of rotatable bonds is 6. The molecule has 0 bridgehead atoms. The van der Waals surface area contributed by atoms with Crippen molar-refractivity contribution < 1.29 is 9.90 Å². The summed E-state index contributed by atoms with van der Waals surface area (Å²) in [6, 6.07) is 3.53. The first kappa shape index (κ1) is 15.5. The highest BCUT2D eigenvalue weighted by molar-refractivity contribution is 6.30. The van der Waals surface area contributed by atoms with Gasteiger partial charge in [-0.05, 0) is 38.8 Å². The van der Waals surface area contributed by atoms with E-state index in [2.05, 4.69) is 16.9 Å². The molecule has 0 spiro atoms. The Bertz CT molecular complexity index is 461. The van der Waals surface area contributed by atoms with Crippen molar-refractivity contribution in [1.82, 2.24) is 10.3 Å². The number of amides is 1. The molecule has 0 saturated heterocycles. The van der Waals surface area contributed by atoms with Gasteiger partial charge in [-0.25, -0.2) is 4.79 Å². The van der Waals surface area contributed by atoms with Gasteiger partial charge in [0.25, 0.3) is 0 Å². The average molecular weight is 283 g/mol. The summed E-state index contributed by atoms with van der Waals surface area (Å²) in [4.78, 5) is 15.1. The molecular weight excluding hydrogens is 264 g/mol. The molecule has 1 aromatic rings. The summed E-state index contributed by atoms with van der Waals surface area (Å²) < 4.78 is 0. The molecule has 0 unspecified atom stereocenters. The van der Waals surface area contributed by atoms with Crippen molar-refractivity contribution in [2.75, 3.05) is 0 Å². The van der Waals surface area contributed by atoms with Crippen LogP contribution in [0.1, 0.15) is 38.3 Å². The third-order valence-corrected chi connectivity index (χ3v) is 3.05. The third-order valence-electron chi connectivity index (χ3n) is 2.81. The van der Waals surface area contributed by atoms with Crippen LogP contribution in [0.15, 0.2) is 31.0 Å². The number of allylic oxidation sites excluding steroid dienone is 1. The molecule has 5 heteroatoms. The molecule has 4 nitrogen and oxygen atoms in total. The molecule has 1 atom stereocenters. The summed E-state index contributed by atoms with van der Waals surface area (Å²) in [5.74, 6) is 0.0815. The molecule has 0 aliphatic heterocycles. The quantitative estimate of drug-likeness (QED) is 0.780. The topological polar surface area (TPSA) is 62.2 Å². The van der Waals surface area contributed by atoms with Gasteiger partial charge in [-0.1, -0.05) is 17.7 Å². The first-order chi connectivity index (χ1) is 8.84. The molecule has 0 radical (unpaired) electrons. The van der Waals surface area contributed by atoms with Gasteiger partial charge in [-0.2, -0.15) is 0 Å². The highest BCUT2D eigenvalue weighted by Crippen LogP contribution is 2.29. The fraction of sp³-hybridized carbons (Fsp3) is 0.429. The summed E-state index contributed by atoms with van der Waals surface area (Å²) in [7, 11) is 0. The predicted molar refractivity (Wildman–Crippen MR) is 76.7 cm³/mol. The van der Waals surface area contributed by atoms with Crippen molar-refractivity contribution >= 4 is 17.7 Å². The van der Waals surface area contributed by atoms with Gasteiger partial charge in [-0.3, -0.25) is 4.98 Å². The fourth-order valence-electron chi connectivity index (χ4n) is 2.11. The van der Waals surface area contributed by atoms with Crippen LogP contribution in [0.4, 0.5) is 4.79 Å². The van der Waals surface area contributed by atoms with Gasteiger partial charge in [0, 0.05) is 28.4 Å². The maximum Gasteiger partial charge on any atom is 0.405 e. The van der Waals surface area contributed by atoms with Gasteiger partial charge in [0.1, 0.15) is 0 Å². The second-order valence-electron chi connectivity index (χ2n) is 5.14. The summed E-state index contributed by atoms with van der Waals surface area (Å²) in [5, 5.41) is 12.0. The van der Waals surface area contributed by atoms with Crippen molar-refractivity contribution in [1.29, 1.82) is 0 Å². The number of nitrogens with one attached hydrogen (secondary N) is 1. The van der Waals surface area contributed by atoms with E-state index >= 15 is 0 Å². The number of hydrogen-bond acceptors (Lipinski definition) is 2. The van der Waals surface area contributed by atoms with Crippen LogP contribution < -0.4 is 5.32 Å². The van der Waals surface area contributed by atoms with Crippen LogP contribution in [-0.2, 0) is 0 Å². The van der Waals surface area contributed by atoms with Gasteiger partial charge in [0.05, 0.1) is 0 Å². The van der Waals surface area contributed by atoms with E-state index < -0.39 is 11.6 Å². The van der Waals surface area contributed by atoms with Crippen LogP contribution in [0.5, 0.6) is 0 Å². The van der Waals surface area contributed by atoms with Gasteiger partial charge >= 0.3 is 6.09 Å². The molecule has 1 heterocycles. The Morgan fingerprint density at radius 1 is 1.68 bits per heavy atom. The normalized spacial score (nSPS) is 12.8. The van der Waals surface area contributed by atoms with Crippen molar-refractivity contribution in [3.8, 4) is 0 Å². The van der Waals surface area contributed by atoms with Crippen LogP contribution in [-0.4, -0.2) is 21.7 Å². The maximum absolute atomic E-state index is 10.8. The number of hydrogen-bond donors (Lipinski definition) is 2. The molecule has 0 fully saturated rings. The van der Waals surface area contributed by atoms with Crippen LogP contribution in [0.3, 0.4) is 0 Å². The van der Waals surface area contributed by atoms with Crippen molar-refractivity contribution in [2.45, 2.75) is 38.1 Å². The van der Waals surface area contributed by atoms with Gasteiger partial charge in [0.2, 0.25) is 0 Å². The number of carboxylic acid groups (broad SMARTS) is 1. The largest absolute Gasteiger partial charge is 0.465 e. The van der Waals surface area contributed by atoms with Gasteiger partial charge < -0.3 is 10.4 Å². The molecule has 1 amide bonds. The molecule has 0 aliphatic rings. The van der Waals surface area contributed by atoms with E-state index in [-0.39, 0.29) is 5.92 Å². The Morgan fingerprint density at radius 2 is 2.37 bits per heavy atom. The molecule has 0 aromatic carbocycles. The second kappa shape index (κ2) is 6.57. The molecule has 2 N–H and O–H groups in total. The molecule has 0 saturated carbocycles. The standard InChI is InChI=1S/C14H19ClN2O2/c1-4-5-10(9-14(2,3)17-13(18)19)12-8-11(15)6-7-16-12/h4,6-8,10,17H,1,5,9H2,2-3H3,(H,18,19)/t10-/m0/s1. The highest BCUT2D eigenvalue weighted by atomic mass is 35.5. The smallest absolute Gasteiger partial charge is 0.405 e. The number of halogens is 1. The molecule has 1 rings (SSSR count). The van der Waals surface area contributed by atoms with Crippen molar-refractivity contribution in [3.05, 3.63) is 41.7 Å². The molecule has 0 aliphatic carbocycles. The van der Waals surface area contributed by atoms with E-state index in [9.17, 15) is 4.79 Å². The lowest BCUT2D eigenvalue weighted by atomic mass is 9.86. The SMILES string of the molecule is C=CC[C@@H](CC(C)(C)NC(=O)O)c1cc(Cl)ccn1. The molecule has 19 heavy (non-hydrogen) atoms. The van der Waals surface area contributed by atoms with Crippen LogP contribution in [0.2, 0.25) is 5.02 Å². The number of pyridine rings is 1. The third kappa shape index (κ3) is 5.30. The number of carbonyl (C=O) groups is 1. The minimum atomic E-state index is -1.03. The van der Waals surface area contributed by atoms with Crippen molar-refractivity contribution in [3.63, 3.8) is 0 Å². The molecular formula is C14H19ClN2O2. The fourth-order valence-corrected chi connectivity index (χ4v) is 2.28. The Balaban J connectivity index is 2.89. The van der Waals surface area contributed by atoms with E-state index in [0.717, 1.165) is 12.1 Å². The zero-order valence-electron chi connectivity index (χ0n) is 11.2. The Labute approximate surface area is 118 Å². The van der Waals surface area contributed by atoms with E-state index in [1.807, 2.05) is 26.0 Å². The number of aromatic nitrogens is 1. The zero-order valence-corrected chi connectivity index (χ0v) is 11.9. The van der Waals surface area contributed by atoms with E-state index in [1.54, 1.807) is 12.3 Å². The second-order valence-corrected chi connectivity index (χ2v) is 5.57. The van der Waals surface area contributed by atoms with Crippen molar-refractivity contribution in [2.24, 2.45) is 0 Å². The lowest BCUT2D eigenvalue weighted by molar-refractivity contribution is 0.179. The first-order valence-corrected chi connectivity index (χ1v) is 6.45. The van der Waals surface area contributed by atoms with Gasteiger partial charge in [-0.15, -0.1) is 6.58 Å². The average Bonchev–Trinajstić information content (AvgIpc) is 2.26. The summed E-state index contributed by atoms with van der Waals surface area (Å²) in [6.07, 6.45) is 3.79. The van der Waals surface area contributed by atoms with Crippen LogP contribution in [0.25, 0.3) is 0 Å². The minimum absolute atomic E-state index is 0.0815. The molecule has 1 aromatic heterocycles. The highest BCUT2D eigenvalue weighted by Gasteiger charge is 2.26.